The topological polar surface area (TPSA) is 58.6 Å². The highest BCUT2D eigenvalue weighted by Crippen LogP contribution is 2.28. The number of aldehydes is 1. The molecule has 102 valence electrons. The van der Waals surface area contributed by atoms with E-state index in [0.29, 0.717) is 42.3 Å². The third-order valence-electron chi connectivity index (χ3n) is 3.13. The minimum atomic E-state index is -0.448. The highest BCUT2D eigenvalue weighted by molar-refractivity contribution is 6.33. The van der Waals surface area contributed by atoms with Crippen LogP contribution in [-0.4, -0.2) is 45.0 Å². The number of likely N-dealkylation sites (N-methyl/N-ethyl adjacent to an activating group) is 1. The molecule has 1 heterocycles. The van der Waals surface area contributed by atoms with E-state index in [1.165, 1.54) is 0 Å². The van der Waals surface area contributed by atoms with Crippen LogP contribution in [0.4, 0.5) is 5.69 Å². The summed E-state index contributed by atoms with van der Waals surface area (Å²) < 4.78 is 5.34. The van der Waals surface area contributed by atoms with E-state index in [2.05, 4.69) is 5.32 Å². The van der Waals surface area contributed by atoms with Crippen LogP contribution in [0.25, 0.3) is 0 Å². The number of halogens is 1. The van der Waals surface area contributed by atoms with E-state index in [9.17, 15) is 9.59 Å². The normalized spacial score (nSPS) is 19.1. The second-order valence-corrected chi connectivity index (χ2v) is 4.60. The van der Waals surface area contributed by atoms with Crippen LogP contribution in [0.5, 0.6) is 0 Å². The minimum absolute atomic E-state index is 0.142. The van der Waals surface area contributed by atoms with Gasteiger partial charge >= 0.3 is 0 Å². The Bertz CT molecular complexity index is 493. The number of nitrogens with one attached hydrogen (secondary N) is 1. The van der Waals surface area contributed by atoms with Gasteiger partial charge in [-0.3, -0.25) is 9.59 Å². The lowest BCUT2D eigenvalue weighted by atomic mass is 10.1. The van der Waals surface area contributed by atoms with E-state index in [0.717, 1.165) is 0 Å². The van der Waals surface area contributed by atoms with Crippen LogP contribution < -0.4 is 10.2 Å². The van der Waals surface area contributed by atoms with Gasteiger partial charge in [0, 0.05) is 19.3 Å². The molecule has 0 spiro atoms. The summed E-state index contributed by atoms with van der Waals surface area (Å²) in [6, 6.07) is 4.76. The van der Waals surface area contributed by atoms with Gasteiger partial charge in [0.1, 0.15) is 6.04 Å². The fourth-order valence-corrected chi connectivity index (χ4v) is 2.38. The molecule has 1 fully saturated rings. The summed E-state index contributed by atoms with van der Waals surface area (Å²) in [6.07, 6.45) is 0.716. The Morgan fingerprint density at radius 1 is 1.58 bits per heavy atom. The molecule has 19 heavy (non-hydrogen) atoms. The molecule has 0 saturated carbocycles. The number of nitrogens with zero attached hydrogens (tertiary/aromatic N) is 1. The van der Waals surface area contributed by atoms with Gasteiger partial charge in [-0.05, 0) is 12.1 Å². The molecule has 1 N–H and O–H groups in total. The summed E-state index contributed by atoms with van der Waals surface area (Å²) in [4.78, 5) is 24.9. The number of morpholine rings is 1. The minimum Gasteiger partial charge on any atom is -0.377 e. The van der Waals surface area contributed by atoms with Crippen molar-refractivity contribution in [1.82, 2.24) is 5.32 Å². The summed E-state index contributed by atoms with van der Waals surface area (Å²) in [6.45, 7) is 1.35. The van der Waals surface area contributed by atoms with E-state index in [-0.39, 0.29) is 5.91 Å². The fourth-order valence-electron chi connectivity index (χ4n) is 2.17. The highest BCUT2D eigenvalue weighted by Gasteiger charge is 2.30. The Kier molecular flexibility index (Phi) is 4.39. The average molecular weight is 283 g/mol. The Morgan fingerprint density at radius 3 is 3.05 bits per heavy atom. The first-order valence-corrected chi connectivity index (χ1v) is 6.36. The zero-order valence-corrected chi connectivity index (χ0v) is 11.3. The predicted octanol–water partition coefficient (Wildman–Crippen LogP) is 1.10. The van der Waals surface area contributed by atoms with Gasteiger partial charge in [0.05, 0.1) is 23.8 Å². The molecule has 1 saturated heterocycles. The van der Waals surface area contributed by atoms with Crippen molar-refractivity contribution in [2.45, 2.75) is 6.04 Å². The number of anilines is 1. The maximum Gasteiger partial charge on any atom is 0.244 e. The molecule has 0 aromatic heterocycles. The Morgan fingerprint density at radius 2 is 2.37 bits per heavy atom. The monoisotopic (exact) mass is 282 g/mol. The van der Waals surface area contributed by atoms with Gasteiger partial charge in [0.25, 0.3) is 0 Å². The van der Waals surface area contributed by atoms with Crippen molar-refractivity contribution in [3.63, 3.8) is 0 Å². The molecule has 0 bridgehead atoms. The van der Waals surface area contributed by atoms with Crippen LogP contribution in [0, 0.1) is 0 Å². The Balaban J connectivity index is 2.40. The lowest BCUT2D eigenvalue weighted by Crippen LogP contribution is -2.53. The molecule has 5 nitrogen and oxygen atoms in total. The molecule has 1 aliphatic rings. The molecule has 1 unspecified atom stereocenters. The molecule has 6 heteroatoms. The van der Waals surface area contributed by atoms with Gasteiger partial charge in [-0.25, -0.2) is 0 Å². The van der Waals surface area contributed by atoms with Gasteiger partial charge in [-0.2, -0.15) is 0 Å². The molecule has 1 aromatic carbocycles. The van der Waals surface area contributed by atoms with Crippen LogP contribution in [-0.2, 0) is 9.53 Å². The molecule has 2 rings (SSSR count). The van der Waals surface area contributed by atoms with Gasteiger partial charge < -0.3 is 15.0 Å². The first kappa shape index (κ1) is 13.8. The SMILES string of the molecule is CNC(=O)C1COCCN1c1cccc(Cl)c1C=O. The smallest absolute Gasteiger partial charge is 0.244 e. The molecule has 1 aromatic rings. The maximum atomic E-state index is 11.9. The zero-order chi connectivity index (χ0) is 13.8. The molecular weight excluding hydrogens is 268 g/mol. The third-order valence-corrected chi connectivity index (χ3v) is 3.46. The number of benzene rings is 1. The van der Waals surface area contributed by atoms with Crippen molar-refractivity contribution >= 4 is 29.5 Å². The van der Waals surface area contributed by atoms with E-state index in [1.807, 2.05) is 4.90 Å². The van der Waals surface area contributed by atoms with E-state index >= 15 is 0 Å². The number of carbonyl (C=O) groups is 2. The first-order valence-electron chi connectivity index (χ1n) is 5.98. The first-order chi connectivity index (χ1) is 9.19. The van der Waals surface area contributed by atoms with Crippen LogP contribution in [0.2, 0.25) is 5.02 Å². The van der Waals surface area contributed by atoms with Gasteiger partial charge in [-0.15, -0.1) is 0 Å². The number of carbonyl (C=O) groups excluding carboxylic acids is 2. The second-order valence-electron chi connectivity index (χ2n) is 4.19. The Hall–Kier alpha value is -1.59. The standard InChI is InChI=1S/C13H15ClN2O3/c1-15-13(18)12-8-19-6-5-16(12)11-4-2-3-10(14)9(11)7-17/h2-4,7,12H,5-6,8H2,1H3,(H,15,18). The van der Waals surface area contributed by atoms with Crippen LogP contribution in [0.1, 0.15) is 10.4 Å². The van der Waals surface area contributed by atoms with Gasteiger partial charge in [0.15, 0.2) is 6.29 Å². The van der Waals surface area contributed by atoms with Crippen LogP contribution in [0.3, 0.4) is 0 Å². The van der Waals surface area contributed by atoms with Gasteiger partial charge in [-0.1, -0.05) is 17.7 Å². The number of hydrogen-bond acceptors (Lipinski definition) is 4. The molecule has 1 aliphatic heterocycles. The number of ether oxygens (including phenoxy) is 1. The van der Waals surface area contributed by atoms with Crippen molar-refractivity contribution in [3.05, 3.63) is 28.8 Å². The summed E-state index contributed by atoms with van der Waals surface area (Å²) in [5.41, 5.74) is 1.07. The van der Waals surface area contributed by atoms with E-state index in [4.69, 9.17) is 16.3 Å². The van der Waals surface area contributed by atoms with Crippen LogP contribution >= 0.6 is 11.6 Å². The lowest BCUT2D eigenvalue weighted by Gasteiger charge is -2.36. The number of amides is 1. The summed E-state index contributed by atoms with van der Waals surface area (Å²) in [7, 11) is 1.58. The summed E-state index contributed by atoms with van der Waals surface area (Å²) in [5.74, 6) is -0.142. The van der Waals surface area contributed by atoms with Crippen molar-refractivity contribution in [3.8, 4) is 0 Å². The highest BCUT2D eigenvalue weighted by atomic mass is 35.5. The number of hydrogen-bond donors (Lipinski definition) is 1. The zero-order valence-electron chi connectivity index (χ0n) is 10.6. The molecule has 0 radical (unpaired) electrons. The van der Waals surface area contributed by atoms with Crippen molar-refractivity contribution in [2.75, 3.05) is 31.7 Å². The molecule has 0 aliphatic carbocycles. The lowest BCUT2D eigenvalue weighted by molar-refractivity contribution is -0.124. The quantitative estimate of drug-likeness (QED) is 0.844. The van der Waals surface area contributed by atoms with E-state index < -0.39 is 6.04 Å². The second kappa shape index (κ2) is 6.04. The van der Waals surface area contributed by atoms with Crippen molar-refractivity contribution < 1.29 is 14.3 Å². The van der Waals surface area contributed by atoms with E-state index in [1.54, 1.807) is 25.2 Å². The fraction of sp³-hybridized carbons (Fsp3) is 0.385. The predicted molar refractivity (Wildman–Crippen MR) is 72.9 cm³/mol. The van der Waals surface area contributed by atoms with Crippen molar-refractivity contribution in [2.24, 2.45) is 0 Å². The largest absolute Gasteiger partial charge is 0.377 e. The van der Waals surface area contributed by atoms with Crippen molar-refractivity contribution in [1.29, 1.82) is 0 Å². The summed E-state index contributed by atoms with van der Waals surface area (Å²) in [5, 5.41) is 2.99. The molecule has 1 amide bonds. The average Bonchev–Trinajstić information content (AvgIpc) is 2.46. The molecule has 1 atom stereocenters. The molecular formula is C13H15ClN2O3. The third kappa shape index (κ3) is 2.72. The number of rotatable bonds is 3. The van der Waals surface area contributed by atoms with Crippen LogP contribution in [0.15, 0.2) is 18.2 Å². The maximum absolute atomic E-state index is 11.9. The Labute approximate surface area is 116 Å². The summed E-state index contributed by atoms with van der Waals surface area (Å²) >= 11 is 6.02. The van der Waals surface area contributed by atoms with Gasteiger partial charge in [0.2, 0.25) is 5.91 Å².